The van der Waals surface area contributed by atoms with E-state index in [1.54, 1.807) is 0 Å². The Balaban J connectivity index is 0.000000126. The van der Waals surface area contributed by atoms with Gasteiger partial charge in [0, 0.05) is 11.9 Å². The molecular weight excluding hydrogens is 260 g/mol. The topological polar surface area (TPSA) is 67.6 Å². The summed E-state index contributed by atoms with van der Waals surface area (Å²) in [5, 5.41) is 0. The molecule has 0 aliphatic heterocycles. The van der Waals surface area contributed by atoms with Gasteiger partial charge in [0.05, 0.1) is 17.6 Å². The fraction of sp³-hybridized carbons (Fsp3) is 0.294. The second-order valence-corrected chi connectivity index (χ2v) is 5.22. The Hall–Kier alpha value is -2.20. The molecule has 0 saturated heterocycles. The highest BCUT2D eigenvalue weighted by atomic mass is 14.9. The molecule has 4 rings (SSSR count). The van der Waals surface area contributed by atoms with Crippen molar-refractivity contribution in [2.75, 3.05) is 0 Å². The molecule has 3 aromatic rings. The quantitative estimate of drug-likeness (QED) is 0.720. The van der Waals surface area contributed by atoms with Crippen LogP contribution in [0, 0.1) is 0 Å². The third-order valence-corrected chi connectivity index (χ3v) is 3.73. The summed E-state index contributed by atoms with van der Waals surface area (Å²) in [5.74, 6) is 0.839. The SMILES string of the molecule is NCc1nc2ccccc2[nH]1.c1cnc2c(c1)CCCC2. The van der Waals surface area contributed by atoms with Crippen molar-refractivity contribution in [2.45, 2.75) is 32.2 Å². The first-order valence-electron chi connectivity index (χ1n) is 7.43. The van der Waals surface area contributed by atoms with Gasteiger partial charge in [0.2, 0.25) is 0 Å². The van der Waals surface area contributed by atoms with Gasteiger partial charge in [0.25, 0.3) is 0 Å². The number of benzene rings is 1. The molecule has 0 unspecified atom stereocenters. The number of aromatic amines is 1. The molecule has 1 aromatic carbocycles. The predicted octanol–water partition coefficient (Wildman–Crippen LogP) is 2.98. The Morgan fingerprint density at radius 3 is 2.71 bits per heavy atom. The molecule has 0 spiro atoms. The summed E-state index contributed by atoms with van der Waals surface area (Å²) < 4.78 is 0. The van der Waals surface area contributed by atoms with Crippen LogP contribution in [0.3, 0.4) is 0 Å². The number of aromatic nitrogens is 3. The van der Waals surface area contributed by atoms with E-state index < -0.39 is 0 Å². The minimum Gasteiger partial charge on any atom is -0.341 e. The zero-order chi connectivity index (χ0) is 14.5. The third kappa shape index (κ3) is 3.28. The van der Waals surface area contributed by atoms with Gasteiger partial charge in [-0.2, -0.15) is 0 Å². The van der Waals surface area contributed by atoms with Crippen molar-refractivity contribution < 1.29 is 0 Å². The number of H-pyrrole nitrogens is 1. The van der Waals surface area contributed by atoms with Gasteiger partial charge in [-0.15, -0.1) is 0 Å². The van der Waals surface area contributed by atoms with Crippen LogP contribution in [0.25, 0.3) is 11.0 Å². The number of nitrogens with one attached hydrogen (secondary N) is 1. The molecule has 0 fully saturated rings. The lowest BCUT2D eigenvalue weighted by Crippen LogP contribution is -2.03. The van der Waals surface area contributed by atoms with Gasteiger partial charge in [-0.3, -0.25) is 4.98 Å². The van der Waals surface area contributed by atoms with Crippen LogP contribution in [0.4, 0.5) is 0 Å². The molecule has 4 nitrogen and oxygen atoms in total. The zero-order valence-corrected chi connectivity index (χ0v) is 12.0. The number of rotatable bonds is 1. The number of aryl methyl sites for hydroxylation is 2. The molecule has 21 heavy (non-hydrogen) atoms. The number of nitrogens with zero attached hydrogens (tertiary/aromatic N) is 2. The average molecular weight is 280 g/mol. The van der Waals surface area contributed by atoms with Crippen molar-refractivity contribution in [3.8, 4) is 0 Å². The molecule has 0 amide bonds. The number of hydrogen-bond acceptors (Lipinski definition) is 3. The van der Waals surface area contributed by atoms with Crippen LogP contribution in [0.2, 0.25) is 0 Å². The molecule has 0 bridgehead atoms. The van der Waals surface area contributed by atoms with Crippen LogP contribution in [0.1, 0.15) is 29.9 Å². The van der Waals surface area contributed by atoms with Crippen LogP contribution < -0.4 is 5.73 Å². The highest BCUT2D eigenvalue weighted by molar-refractivity contribution is 5.74. The second-order valence-electron chi connectivity index (χ2n) is 5.22. The number of hydrogen-bond donors (Lipinski definition) is 2. The minimum atomic E-state index is 0.467. The molecule has 0 saturated carbocycles. The lowest BCUT2D eigenvalue weighted by atomic mass is 9.96. The van der Waals surface area contributed by atoms with Gasteiger partial charge >= 0.3 is 0 Å². The van der Waals surface area contributed by atoms with E-state index in [4.69, 9.17) is 5.73 Å². The van der Waals surface area contributed by atoms with E-state index in [2.05, 4.69) is 21.0 Å². The maximum Gasteiger partial charge on any atom is 0.121 e. The normalized spacial score (nSPS) is 13.4. The Kier molecular flexibility index (Phi) is 4.26. The fourth-order valence-electron chi connectivity index (χ4n) is 2.63. The molecule has 0 radical (unpaired) electrons. The van der Waals surface area contributed by atoms with Crippen molar-refractivity contribution in [3.05, 3.63) is 59.7 Å². The highest BCUT2D eigenvalue weighted by Gasteiger charge is 2.07. The van der Waals surface area contributed by atoms with E-state index in [0.29, 0.717) is 6.54 Å². The van der Waals surface area contributed by atoms with Gasteiger partial charge in [-0.05, 0) is 49.4 Å². The van der Waals surface area contributed by atoms with Gasteiger partial charge in [0.15, 0.2) is 0 Å². The Bertz CT molecular complexity index is 659. The van der Waals surface area contributed by atoms with Crippen LogP contribution >= 0.6 is 0 Å². The lowest BCUT2D eigenvalue weighted by Gasteiger charge is -2.12. The van der Waals surface area contributed by atoms with Crippen molar-refractivity contribution in [1.82, 2.24) is 15.0 Å². The highest BCUT2D eigenvalue weighted by Crippen LogP contribution is 2.17. The first-order chi connectivity index (χ1) is 10.4. The Morgan fingerprint density at radius 2 is 1.90 bits per heavy atom. The standard InChI is InChI=1S/C9H11N.C8H9N3/c1-2-6-9-8(4-1)5-3-7-10-9;9-5-8-10-6-3-1-2-4-7(6)11-8/h3,5,7H,1-2,4,6H2;1-4H,5,9H2,(H,10,11). The first kappa shape index (κ1) is 13.8. The third-order valence-electron chi connectivity index (χ3n) is 3.73. The Labute approximate surface area is 124 Å². The summed E-state index contributed by atoms with van der Waals surface area (Å²) in [5.41, 5.74) is 10.2. The van der Waals surface area contributed by atoms with Gasteiger partial charge in [0.1, 0.15) is 5.82 Å². The van der Waals surface area contributed by atoms with Gasteiger partial charge in [-0.25, -0.2) is 4.98 Å². The molecule has 108 valence electrons. The molecule has 4 heteroatoms. The summed E-state index contributed by atoms with van der Waals surface area (Å²) in [6.07, 6.45) is 6.99. The van der Waals surface area contributed by atoms with E-state index in [0.717, 1.165) is 16.9 Å². The maximum atomic E-state index is 5.42. The van der Waals surface area contributed by atoms with Crippen LogP contribution in [0.5, 0.6) is 0 Å². The van der Waals surface area contributed by atoms with E-state index in [1.165, 1.54) is 36.9 Å². The van der Waals surface area contributed by atoms with E-state index in [-0.39, 0.29) is 0 Å². The number of fused-ring (bicyclic) bond motifs is 2. The van der Waals surface area contributed by atoms with Crippen LogP contribution in [-0.2, 0) is 19.4 Å². The lowest BCUT2D eigenvalue weighted by molar-refractivity contribution is 0.668. The molecular formula is C17H20N4. The molecule has 2 heterocycles. The van der Waals surface area contributed by atoms with Crippen molar-refractivity contribution in [2.24, 2.45) is 5.73 Å². The predicted molar refractivity (Wildman–Crippen MR) is 84.9 cm³/mol. The molecule has 1 aliphatic rings. The summed E-state index contributed by atoms with van der Waals surface area (Å²) in [6.45, 7) is 0.467. The Morgan fingerprint density at radius 1 is 1.05 bits per heavy atom. The molecule has 3 N–H and O–H groups in total. The summed E-state index contributed by atoms with van der Waals surface area (Å²) >= 11 is 0. The maximum absolute atomic E-state index is 5.42. The molecule has 1 aliphatic carbocycles. The minimum absolute atomic E-state index is 0.467. The van der Waals surface area contributed by atoms with E-state index in [1.807, 2.05) is 36.5 Å². The number of nitrogens with two attached hydrogens (primary N) is 1. The summed E-state index contributed by atoms with van der Waals surface area (Å²) in [6, 6.07) is 12.1. The average Bonchev–Trinajstić information content (AvgIpc) is 2.99. The largest absolute Gasteiger partial charge is 0.341 e. The summed E-state index contributed by atoms with van der Waals surface area (Å²) in [7, 11) is 0. The monoisotopic (exact) mass is 280 g/mol. The fourth-order valence-corrected chi connectivity index (χ4v) is 2.63. The molecule has 0 atom stereocenters. The zero-order valence-electron chi connectivity index (χ0n) is 12.0. The van der Waals surface area contributed by atoms with Crippen molar-refractivity contribution in [3.63, 3.8) is 0 Å². The molecule has 2 aromatic heterocycles. The second kappa shape index (κ2) is 6.50. The van der Waals surface area contributed by atoms with Gasteiger partial charge in [-0.1, -0.05) is 18.2 Å². The van der Waals surface area contributed by atoms with Crippen molar-refractivity contribution in [1.29, 1.82) is 0 Å². The van der Waals surface area contributed by atoms with Crippen molar-refractivity contribution >= 4 is 11.0 Å². The number of para-hydroxylation sites is 2. The number of pyridine rings is 1. The smallest absolute Gasteiger partial charge is 0.121 e. The van der Waals surface area contributed by atoms with Gasteiger partial charge < -0.3 is 10.7 Å². The van der Waals surface area contributed by atoms with Crippen LogP contribution in [0.15, 0.2) is 42.6 Å². The summed E-state index contributed by atoms with van der Waals surface area (Å²) in [4.78, 5) is 11.7. The number of imidazole rings is 1. The van der Waals surface area contributed by atoms with E-state index >= 15 is 0 Å². The van der Waals surface area contributed by atoms with E-state index in [9.17, 15) is 0 Å². The first-order valence-corrected chi connectivity index (χ1v) is 7.43. The van der Waals surface area contributed by atoms with Crippen LogP contribution in [-0.4, -0.2) is 15.0 Å².